The Morgan fingerprint density at radius 1 is 0.900 bits per heavy atom. The summed E-state index contributed by atoms with van der Waals surface area (Å²) in [4.78, 5) is 40.4. The molecule has 0 radical (unpaired) electrons. The molecule has 2 aromatic carbocycles. The fourth-order valence-electron chi connectivity index (χ4n) is 3.32. The first-order valence-electron chi connectivity index (χ1n) is 9.54. The first-order valence-corrected chi connectivity index (χ1v) is 9.54. The van der Waals surface area contributed by atoms with Crippen molar-refractivity contribution >= 4 is 23.5 Å². The van der Waals surface area contributed by atoms with E-state index in [1.807, 2.05) is 0 Å². The molecule has 30 heavy (non-hydrogen) atoms. The number of amides is 1. The highest BCUT2D eigenvalue weighted by molar-refractivity contribution is 6.27. The standard InChI is InChI=1S/C22H23NO7/c1-4-28-20(25)22(21(26)29-5-2)18(30-17-9-7-6-8-10-17)19(24)23(22)15-11-13-16(27-3)14-12-15/h6-14,18H,4-5H2,1-3H3. The molecule has 1 aliphatic heterocycles. The molecule has 0 bridgehead atoms. The van der Waals surface area contributed by atoms with E-state index in [1.165, 1.54) is 7.11 Å². The van der Waals surface area contributed by atoms with Crippen LogP contribution >= 0.6 is 0 Å². The second kappa shape index (κ2) is 8.86. The molecule has 1 fully saturated rings. The molecule has 3 rings (SSSR count). The second-order valence-electron chi connectivity index (χ2n) is 6.39. The maximum absolute atomic E-state index is 13.1. The lowest BCUT2D eigenvalue weighted by Gasteiger charge is -2.51. The smallest absolute Gasteiger partial charge is 0.348 e. The van der Waals surface area contributed by atoms with Crippen molar-refractivity contribution in [2.75, 3.05) is 25.2 Å². The van der Waals surface area contributed by atoms with Crippen LogP contribution in [0.15, 0.2) is 54.6 Å². The maximum atomic E-state index is 13.1. The number of hydrogen-bond acceptors (Lipinski definition) is 7. The minimum atomic E-state index is -2.10. The second-order valence-corrected chi connectivity index (χ2v) is 6.39. The van der Waals surface area contributed by atoms with Gasteiger partial charge in [0.2, 0.25) is 6.10 Å². The van der Waals surface area contributed by atoms with E-state index in [0.717, 1.165) is 4.90 Å². The molecule has 2 aromatic rings. The van der Waals surface area contributed by atoms with Crippen molar-refractivity contribution in [2.45, 2.75) is 25.5 Å². The lowest BCUT2D eigenvalue weighted by molar-refractivity contribution is -0.180. The molecular formula is C22H23NO7. The van der Waals surface area contributed by atoms with Crippen LogP contribution in [0.5, 0.6) is 11.5 Å². The number of esters is 2. The summed E-state index contributed by atoms with van der Waals surface area (Å²) in [6.07, 6.45) is -1.43. The normalized spacial score (nSPS) is 17.0. The highest BCUT2D eigenvalue weighted by Gasteiger charge is 2.74. The number of carbonyl (C=O) groups is 3. The predicted octanol–water partition coefficient (Wildman–Crippen LogP) is 2.35. The van der Waals surface area contributed by atoms with Crippen LogP contribution < -0.4 is 14.4 Å². The maximum Gasteiger partial charge on any atom is 0.348 e. The summed E-state index contributed by atoms with van der Waals surface area (Å²) in [6.45, 7) is 3.26. The van der Waals surface area contributed by atoms with E-state index in [-0.39, 0.29) is 13.2 Å². The van der Waals surface area contributed by atoms with Gasteiger partial charge in [0.15, 0.2) is 0 Å². The number of rotatable bonds is 8. The lowest BCUT2D eigenvalue weighted by Crippen LogP contribution is -2.84. The number of para-hydroxylation sites is 1. The molecule has 1 saturated heterocycles. The van der Waals surface area contributed by atoms with Crippen LogP contribution in [-0.4, -0.2) is 49.8 Å². The quantitative estimate of drug-likeness (QED) is 0.373. The molecule has 0 aromatic heterocycles. The van der Waals surface area contributed by atoms with Crippen molar-refractivity contribution in [3.8, 4) is 11.5 Å². The van der Waals surface area contributed by atoms with Gasteiger partial charge in [0.1, 0.15) is 11.5 Å². The van der Waals surface area contributed by atoms with Gasteiger partial charge in [-0.25, -0.2) is 9.59 Å². The van der Waals surface area contributed by atoms with E-state index in [9.17, 15) is 14.4 Å². The van der Waals surface area contributed by atoms with Gasteiger partial charge in [0, 0.05) is 5.69 Å². The van der Waals surface area contributed by atoms with E-state index in [1.54, 1.807) is 68.4 Å². The van der Waals surface area contributed by atoms with Gasteiger partial charge >= 0.3 is 11.9 Å². The summed E-state index contributed by atoms with van der Waals surface area (Å²) < 4.78 is 21.3. The zero-order chi connectivity index (χ0) is 21.7. The number of methoxy groups -OCH3 is 1. The molecule has 1 unspecified atom stereocenters. The number of anilines is 1. The number of β-lactam (4-membered cyclic amide) rings is 1. The number of carbonyl (C=O) groups excluding carboxylic acids is 3. The van der Waals surface area contributed by atoms with Crippen LogP contribution in [0.25, 0.3) is 0 Å². The van der Waals surface area contributed by atoms with Gasteiger partial charge in [0.05, 0.1) is 20.3 Å². The Bertz CT molecular complexity index is 893. The monoisotopic (exact) mass is 413 g/mol. The Morgan fingerprint density at radius 3 is 1.97 bits per heavy atom. The highest BCUT2D eigenvalue weighted by atomic mass is 16.6. The van der Waals surface area contributed by atoms with Gasteiger partial charge < -0.3 is 18.9 Å². The van der Waals surface area contributed by atoms with Crippen molar-refractivity contribution in [3.05, 3.63) is 54.6 Å². The average molecular weight is 413 g/mol. The molecule has 1 aliphatic rings. The number of benzene rings is 2. The molecule has 8 nitrogen and oxygen atoms in total. The van der Waals surface area contributed by atoms with Gasteiger partial charge in [-0.1, -0.05) is 18.2 Å². The predicted molar refractivity (Wildman–Crippen MR) is 107 cm³/mol. The van der Waals surface area contributed by atoms with Crippen LogP contribution in [0.2, 0.25) is 0 Å². The minimum Gasteiger partial charge on any atom is -0.497 e. The molecule has 1 heterocycles. The summed E-state index contributed by atoms with van der Waals surface area (Å²) in [5, 5.41) is 0. The van der Waals surface area contributed by atoms with Crippen molar-refractivity contribution < 1.29 is 33.3 Å². The van der Waals surface area contributed by atoms with Crippen LogP contribution in [0.3, 0.4) is 0 Å². The first kappa shape index (κ1) is 21.2. The Morgan fingerprint density at radius 2 is 1.47 bits per heavy atom. The fourth-order valence-corrected chi connectivity index (χ4v) is 3.32. The van der Waals surface area contributed by atoms with Crippen molar-refractivity contribution in [3.63, 3.8) is 0 Å². The van der Waals surface area contributed by atoms with Crippen LogP contribution in [0.1, 0.15) is 13.8 Å². The Kier molecular flexibility index (Phi) is 6.25. The number of nitrogens with zero attached hydrogens (tertiary/aromatic N) is 1. The molecule has 1 atom stereocenters. The third-order valence-electron chi connectivity index (χ3n) is 4.68. The van der Waals surface area contributed by atoms with Crippen LogP contribution in [0.4, 0.5) is 5.69 Å². The Labute approximate surface area is 174 Å². The third-order valence-corrected chi connectivity index (χ3v) is 4.68. The molecule has 0 saturated carbocycles. The largest absolute Gasteiger partial charge is 0.497 e. The van der Waals surface area contributed by atoms with E-state index in [2.05, 4.69) is 0 Å². The van der Waals surface area contributed by atoms with Crippen LogP contribution in [-0.2, 0) is 23.9 Å². The molecule has 0 aliphatic carbocycles. The topological polar surface area (TPSA) is 91.4 Å². The molecule has 8 heteroatoms. The fraction of sp³-hybridized carbons (Fsp3) is 0.318. The van der Waals surface area contributed by atoms with Crippen molar-refractivity contribution in [1.29, 1.82) is 0 Å². The van der Waals surface area contributed by atoms with Gasteiger partial charge in [-0.2, -0.15) is 0 Å². The summed E-state index contributed by atoms with van der Waals surface area (Å²) in [7, 11) is 1.51. The summed E-state index contributed by atoms with van der Waals surface area (Å²) in [6, 6.07) is 14.9. The summed E-state index contributed by atoms with van der Waals surface area (Å²) in [5.74, 6) is -1.50. The van der Waals surface area contributed by atoms with Gasteiger partial charge in [0.25, 0.3) is 11.4 Å². The lowest BCUT2D eigenvalue weighted by atomic mass is 9.79. The van der Waals surface area contributed by atoms with Crippen LogP contribution in [0, 0.1) is 0 Å². The SMILES string of the molecule is CCOC(=O)C1(C(=O)OCC)C(Oc2ccccc2)C(=O)N1c1ccc(OC)cc1. The molecular weight excluding hydrogens is 390 g/mol. The molecule has 158 valence electrons. The van der Waals surface area contributed by atoms with E-state index < -0.39 is 29.5 Å². The molecule has 0 N–H and O–H groups in total. The van der Waals surface area contributed by atoms with Crippen molar-refractivity contribution in [2.24, 2.45) is 0 Å². The van der Waals surface area contributed by atoms with E-state index in [4.69, 9.17) is 18.9 Å². The average Bonchev–Trinajstić information content (AvgIpc) is 2.76. The Hall–Kier alpha value is -3.55. The Balaban J connectivity index is 2.10. The number of hydrogen-bond donors (Lipinski definition) is 0. The summed E-state index contributed by atoms with van der Waals surface area (Å²) in [5.41, 5.74) is -1.79. The zero-order valence-electron chi connectivity index (χ0n) is 17.0. The zero-order valence-corrected chi connectivity index (χ0v) is 17.0. The minimum absolute atomic E-state index is 0.0166. The van der Waals surface area contributed by atoms with Gasteiger partial charge in [-0.05, 0) is 50.2 Å². The molecule has 0 spiro atoms. The highest BCUT2D eigenvalue weighted by Crippen LogP contribution is 2.42. The summed E-state index contributed by atoms with van der Waals surface area (Å²) >= 11 is 0. The van der Waals surface area contributed by atoms with Crippen molar-refractivity contribution in [1.82, 2.24) is 0 Å². The van der Waals surface area contributed by atoms with Gasteiger partial charge in [-0.15, -0.1) is 0 Å². The van der Waals surface area contributed by atoms with E-state index in [0.29, 0.717) is 17.2 Å². The number of ether oxygens (including phenoxy) is 4. The van der Waals surface area contributed by atoms with E-state index >= 15 is 0 Å². The third kappa shape index (κ3) is 3.45. The first-order chi connectivity index (χ1) is 14.5. The molecule has 1 amide bonds. The van der Waals surface area contributed by atoms with Gasteiger partial charge in [-0.3, -0.25) is 9.69 Å².